The molecule has 150 valence electrons. The van der Waals surface area contributed by atoms with E-state index in [0.29, 0.717) is 41.3 Å². The highest BCUT2D eigenvalue weighted by molar-refractivity contribution is 5.94. The largest absolute Gasteiger partial charge is 0.486 e. The van der Waals surface area contributed by atoms with Crippen molar-refractivity contribution in [2.75, 3.05) is 18.5 Å². The predicted molar refractivity (Wildman–Crippen MR) is 109 cm³/mol. The van der Waals surface area contributed by atoms with Crippen LogP contribution in [0.4, 0.5) is 5.69 Å². The molecule has 0 spiro atoms. The van der Waals surface area contributed by atoms with Gasteiger partial charge in [0, 0.05) is 11.8 Å². The van der Waals surface area contributed by atoms with Gasteiger partial charge in [0.25, 0.3) is 5.56 Å². The second-order valence-electron chi connectivity index (χ2n) is 7.19. The van der Waals surface area contributed by atoms with E-state index in [1.165, 1.54) is 0 Å². The van der Waals surface area contributed by atoms with Crippen LogP contribution in [0, 0.1) is 5.92 Å². The van der Waals surface area contributed by atoms with Gasteiger partial charge in [0.15, 0.2) is 11.5 Å². The van der Waals surface area contributed by atoms with E-state index in [-0.39, 0.29) is 5.92 Å². The van der Waals surface area contributed by atoms with Crippen molar-refractivity contribution in [1.82, 2.24) is 9.55 Å². The minimum atomic E-state index is -0.982. The summed E-state index contributed by atoms with van der Waals surface area (Å²) in [6.07, 6.45) is 0. The summed E-state index contributed by atoms with van der Waals surface area (Å²) in [5.41, 5.74) is -0.186. The number of ether oxygens (including phenoxy) is 2. The number of H-pyrrole nitrogens is 1. The van der Waals surface area contributed by atoms with Crippen molar-refractivity contribution in [3.8, 4) is 11.5 Å². The summed E-state index contributed by atoms with van der Waals surface area (Å²) in [7, 11) is 0. The number of para-hydroxylation sites is 1. The molecule has 8 heteroatoms. The van der Waals surface area contributed by atoms with Gasteiger partial charge in [0.1, 0.15) is 19.3 Å². The van der Waals surface area contributed by atoms with Gasteiger partial charge >= 0.3 is 5.69 Å². The molecule has 1 aromatic heterocycles. The highest BCUT2D eigenvalue weighted by atomic mass is 16.6. The van der Waals surface area contributed by atoms with Gasteiger partial charge in [-0.15, -0.1) is 0 Å². The molecule has 1 unspecified atom stereocenters. The zero-order valence-corrected chi connectivity index (χ0v) is 16.1. The van der Waals surface area contributed by atoms with E-state index in [1.54, 1.807) is 56.3 Å². The zero-order valence-electron chi connectivity index (χ0n) is 16.1. The van der Waals surface area contributed by atoms with E-state index in [1.807, 2.05) is 0 Å². The molecule has 0 saturated carbocycles. The SMILES string of the molecule is CC(C)C(C(=O)Nc1ccc2c(c1)OCCO2)n1c(=O)[nH]c2ccccc2c1=O. The number of hydrogen-bond donors (Lipinski definition) is 2. The number of rotatable bonds is 4. The molecule has 3 aromatic rings. The predicted octanol–water partition coefficient (Wildman–Crippen LogP) is 2.30. The number of aromatic amines is 1. The Morgan fingerprint density at radius 2 is 1.79 bits per heavy atom. The molecule has 2 aromatic carbocycles. The van der Waals surface area contributed by atoms with Crippen LogP contribution in [0.2, 0.25) is 0 Å². The number of amides is 1. The molecule has 1 amide bonds. The van der Waals surface area contributed by atoms with E-state index < -0.39 is 23.2 Å². The molecule has 1 aliphatic heterocycles. The molecule has 0 fully saturated rings. The standard InChI is InChI=1S/C21H21N3O5/c1-12(2)18(24-20(26)14-5-3-4-6-15(14)23-21(24)27)19(25)22-13-7-8-16-17(11-13)29-10-9-28-16/h3-8,11-12,18H,9-10H2,1-2H3,(H,22,25)(H,23,27). The van der Waals surface area contributed by atoms with Crippen LogP contribution >= 0.6 is 0 Å². The lowest BCUT2D eigenvalue weighted by Crippen LogP contribution is -2.44. The lowest BCUT2D eigenvalue weighted by atomic mass is 10.0. The minimum Gasteiger partial charge on any atom is -0.486 e. The second kappa shape index (κ2) is 7.46. The van der Waals surface area contributed by atoms with Gasteiger partial charge in [-0.1, -0.05) is 26.0 Å². The molecular formula is C21H21N3O5. The lowest BCUT2D eigenvalue weighted by molar-refractivity contribution is -0.120. The number of aromatic nitrogens is 2. The van der Waals surface area contributed by atoms with E-state index in [2.05, 4.69) is 10.3 Å². The first kappa shape index (κ1) is 18.8. The average Bonchev–Trinajstić information content (AvgIpc) is 2.70. The number of carbonyl (C=O) groups excluding carboxylic acids is 1. The molecule has 4 rings (SSSR count). The van der Waals surface area contributed by atoms with E-state index in [4.69, 9.17) is 9.47 Å². The first-order valence-electron chi connectivity index (χ1n) is 9.40. The van der Waals surface area contributed by atoms with Crippen molar-refractivity contribution in [1.29, 1.82) is 0 Å². The number of hydrogen-bond acceptors (Lipinski definition) is 5. The van der Waals surface area contributed by atoms with Gasteiger partial charge in [-0.25, -0.2) is 9.36 Å². The Hall–Kier alpha value is -3.55. The minimum absolute atomic E-state index is 0.299. The molecule has 0 radical (unpaired) electrons. The van der Waals surface area contributed by atoms with Crippen molar-refractivity contribution >= 4 is 22.5 Å². The Balaban J connectivity index is 1.72. The average molecular weight is 395 g/mol. The Morgan fingerprint density at radius 1 is 1.07 bits per heavy atom. The Kier molecular flexibility index (Phi) is 4.84. The molecule has 0 saturated heterocycles. The number of benzene rings is 2. The Labute approximate surface area is 166 Å². The van der Waals surface area contributed by atoms with Crippen molar-refractivity contribution in [2.24, 2.45) is 5.92 Å². The van der Waals surface area contributed by atoms with E-state index >= 15 is 0 Å². The Morgan fingerprint density at radius 3 is 2.55 bits per heavy atom. The Bertz CT molecular complexity index is 1190. The molecule has 29 heavy (non-hydrogen) atoms. The molecule has 0 aliphatic carbocycles. The van der Waals surface area contributed by atoms with Gasteiger partial charge in [-0.3, -0.25) is 9.59 Å². The third-order valence-corrected chi connectivity index (χ3v) is 4.82. The number of nitrogens with zero attached hydrogens (tertiary/aromatic N) is 1. The van der Waals surface area contributed by atoms with Gasteiger partial charge < -0.3 is 19.8 Å². The fourth-order valence-corrected chi connectivity index (χ4v) is 3.48. The summed E-state index contributed by atoms with van der Waals surface area (Å²) in [5, 5.41) is 3.14. The summed E-state index contributed by atoms with van der Waals surface area (Å²) in [4.78, 5) is 41.4. The van der Waals surface area contributed by atoms with Gasteiger partial charge in [-0.2, -0.15) is 0 Å². The quantitative estimate of drug-likeness (QED) is 0.706. The maximum absolute atomic E-state index is 13.1. The maximum Gasteiger partial charge on any atom is 0.329 e. The van der Waals surface area contributed by atoms with Crippen molar-refractivity contribution in [3.63, 3.8) is 0 Å². The summed E-state index contributed by atoms with van der Waals surface area (Å²) in [5.74, 6) is 0.388. The highest BCUT2D eigenvalue weighted by Gasteiger charge is 2.28. The highest BCUT2D eigenvalue weighted by Crippen LogP contribution is 2.33. The lowest BCUT2D eigenvalue weighted by Gasteiger charge is -2.23. The summed E-state index contributed by atoms with van der Waals surface area (Å²) >= 11 is 0. The summed E-state index contributed by atoms with van der Waals surface area (Å²) in [6.45, 7) is 4.48. The van der Waals surface area contributed by atoms with E-state index in [9.17, 15) is 14.4 Å². The van der Waals surface area contributed by atoms with Crippen LogP contribution in [-0.2, 0) is 4.79 Å². The van der Waals surface area contributed by atoms with Crippen LogP contribution in [0.1, 0.15) is 19.9 Å². The topological polar surface area (TPSA) is 102 Å². The fraction of sp³-hybridized carbons (Fsp3) is 0.286. The van der Waals surface area contributed by atoms with Crippen LogP contribution in [0.15, 0.2) is 52.1 Å². The fourth-order valence-electron chi connectivity index (χ4n) is 3.48. The number of carbonyl (C=O) groups is 1. The molecule has 1 aliphatic rings. The van der Waals surface area contributed by atoms with Gasteiger partial charge in [0.05, 0.1) is 10.9 Å². The smallest absolute Gasteiger partial charge is 0.329 e. The number of anilines is 1. The van der Waals surface area contributed by atoms with Crippen molar-refractivity contribution in [2.45, 2.75) is 19.9 Å². The molecule has 8 nitrogen and oxygen atoms in total. The molecular weight excluding hydrogens is 374 g/mol. The van der Waals surface area contributed by atoms with Crippen LogP contribution in [-0.4, -0.2) is 28.7 Å². The first-order valence-corrected chi connectivity index (χ1v) is 9.40. The molecule has 2 N–H and O–H groups in total. The number of nitrogens with one attached hydrogen (secondary N) is 2. The maximum atomic E-state index is 13.1. The van der Waals surface area contributed by atoms with Crippen LogP contribution in [0.3, 0.4) is 0 Å². The number of fused-ring (bicyclic) bond motifs is 2. The third kappa shape index (κ3) is 3.49. The second-order valence-corrected chi connectivity index (χ2v) is 7.19. The molecule has 2 heterocycles. The third-order valence-electron chi connectivity index (χ3n) is 4.82. The van der Waals surface area contributed by atoms with Crippen LogP contribution in [0.5, 0.6) is 11.5 Å². The molecule has 1 atom stereocenters. The van der Waals surface area contributed by atoms with Gasteiger partial charge in [0.2, 0.25) is 5.91 Å². The van der Waals surface area contributed by atoms with Crippen LogP contribution in [0.25, 0.3) is 10.9 Å². The van der Waals surface area contributed by atoms with Crippen molar-refractivity contribution in [3.05, 3.63) is 63.3 Å². The van der Waals surface area contributed by atoms with Crippen LogP contribution < -0.4 is 26.0 Å². The monoisotopic (exact) mass is 395 g/mol. The molecule has 0 bridgehead atoms. The summed E-state index contributed by atoms with van der Waals surface area (Å²) < 4.78 is 12.0. The normalized spacial score (nSPS) is 14.0. The van der Waals surface area contributed by atoms with Crippen molar-refractivity contribution < 1.29 is 14.3 Å². The zero-order chi connectivity index (χ0) is 20.5. The first-order chi connectivity index (χ1) is 14.0. The van der Waals surface area contributed by atoms with E-state index in [0.717, 1.165) is 4.57 Å². The summed E-state index contributed by atoms with van der Waals surface area (Å²) in [6, 6.07) is 10.8. The van der Waals surface area contributed by atoms with Gasteiger partial charge in [-0.05, 0) is 30.2 Å².